The molecule has 2 unspecified atom stereocenters. The third-order valence-electron chi connectivity index (χ3n) is 1.04. The number of aliphatic hydroxyl groups excluding tert-OH is 2. The molecule has 0 bridgehead atoms. The van der Waals surface area contributed by atoms with E-state index in [0.717, 1.165) is 0 Å². The number of rotatable bonds is 5. The fourth-order valence-corrected chi connectivity index (χ4v) is 1.48. The van der Waals surface area contributed by atoms with Gasteiger partial charge in [-0.1, -0.05) is 0 Å². The molecule has 0 aromatic rings. The van der Waals surface area contributed by atoms with Crippen LogP contribution in [0.3, 0.4) is 0 Å². The average Bonchev–Trinajstić information content (AvgIpc) is 2.16. The van der Waals surface area contributed by atoms with Crippen LogP contribution < -0.4 is 51.4 Å². The van der Waals surface area contributed by atoms with Crippen molar-refractivity contribution in [3.8, 4) is 0 Å². The second-order valence-corrected chi connectivity index (χ2v) is 3.75. The average molecular weight is 518 g/mol. The van der Waals surface area contributed by atoms with Crippen molar-refractivity contribution in [3.05, 3.63) is 0 Å². The van der Waals surface area contributed by atoms with Crippen LogP contribution in [0.5, 0.6) is 0 Å². The van der Waals surface area contributed by atoms with Crippen molar-refractivity contribution < 1.29 is 101 Å². The molecule has 0 heterocycles. The van der Waals surface area contributed by atoms with E-state index in [2.05, 4.69) is 6.03 Å². The maximum absolute atomic E-state index is 10.6. The maximum atomic E-state index is 10.6. The molecule has 14 heteroatoms. The molecule has 0 aliphatic rings. The molecule has 0 aromatic carbocycles. The van der Waals surface area contributed by atoms with Crippen molar-refractivity contribution in [2.24, 2.45) is 0 Å². The van der Waals surface area contributed by atoms with Crippen LogP contribution in [0.4, 0.5) is 0 Å². The fourth-order valence-electron chi connectivity index (χ4n) is 0.439. The molecule has 0 amide bonds. The molecule has 8 N–H and O–H groups in total. The van der Waals surface area contributed by atoms with Crippen LogP contribution in [0.25, 0.3) is 0 Å². The van der Waals surface area contributed by atoms with E-state index in [-0.39, 0.29) is 69.2 Å². The van der Waals surface area contributed by atoms with Gasteiger partial charge in [-0.3, -0.25) is 0 Å². The molecule has 0 saturated carbocycles. The predicted octanol–water partition coefficient (Wildman–Crippen LogP) is -8.63. The Balaban J connectivity index is -0.0000000845. The first-order valence-electron chi connectivity index (χ1n) is 2.97. The first-order chi connectivity index (χ1) is 6.54. The summed E-state index contributed by atoms with van der Waals surface area (Å²) in [6.45, 7) is 0. The summed E-state index contributed by atoms with van der Waals surface area (Å²) in [5.41, 5.74) is 0. The minimum atomic E-state index is -2.41. The first-order valence-corrected chi connectivity index (χ1v) is 7.14. The minimum absolute atomic E-state index is 0. The zero-order chi connectivity index (χ0) is 11.1. The standard InChI is InChI=1S/C4H6O6.K.3H2O.2O.2Sb.H/c5-1(3(7)8)2(6)4(9)10;;;;;;;;;/h1-2,5-6H,(H,7,8)(H,9,10);;3*1H2;;;;;/q;+1;;;;;;2*+1;-1/p-2. The molecule has 0 radical (unpaired) electrons. The van der Waals surface area contributed by atoms with E-state index < -0.39 is 68.2 Å². The molecule has 0 saturated heterocycles. The van der Waals surface area contributed by atoms with Crippen LogP contribution >= 0.6 is 0 Å². The second kappa shape index (κ2) is 18.6. The van der Waals surface area contributed by atoms with Crippen LogP contribution in [0, 0.1) is 0 Å². The predicted molar refractivity (Wildman–Crippen MR) is 49.0 cm³/mol. The molecule has 18 heavy (non-hydrogen) atoms. The molecule has 0 aliphatic carbocycles. The van der Waals surface area contributed by atoms with E-state index in [1.54, 1.807) is 0 Å². The molecular formula is C4H11KO11Sb2. The van der Waals surface area contributed by atoms with E-state index in [0.29, 0.717) is 0 Å². The van der Waals surface area contributed by atoms with Crippen LogP contribution in [0.15, 0.2) is 0 Å². The topological polar surface area (TPSA) is 222 Å². The summed E-state index contributed by atoms with van der Waals surface area (Å²) >= 11 is -4.81. The normalized spacial score (nSPS) is 10.6. The zero-order valence-electron chi connectivity index (χ0n) is 9.89. The molecule has 2 atom stereocenters. The Kier molecular flexibility index (Phi) is 32.9. The summed E-state index contributed by atoms with van der Waals surface area (Å²) in [7, 11) is 0. The number of aliphatic hydroxyl groups is 2. The molecular weight excluding hydrogens is 507 g/mol. The summed E-state index contributed by atoms with van der Waals surface area (Å²) in [4.78, 5) is 21.2. The van der Waals surface area contributed by atoms with Crippen molar-refractivity contribution in [2.75, 3.05) is 0 Å². The summed E-state index contributed by atoms with van der Waals surface area (Å²) in [6.07, 6.45) is -4.34. The molecule has 0 spiro atoms. The molecule has 104 valence electrons. The van der Waals surface area contributed by atoms with Gasteiger partial charge in [0.15, 0.2) is 0 Å². The summed E-state index contributed by atoms with van der Waals surface area (Å²) < 4.78 is 27.7. The van der Waals surface area contributed by atoms with Crippen molar-refractivity contribution in [1.29, 1.82) is 0 Å². The van der Waals surface area contributed by atoms with Crippen molar-refractivity contribution in [3.63, 3.8) is 0 Å². The van der Waals surface area contributed by atoms with Gasteiger partial charge in [0.2, 0.25) is 0 Å². The third kappa shape index (κ3) is 12.6. The van der Waals surface area contributed by atoms with Gasteiger partial charge in [0.05, 0.1) is 0 Å². The summed E-state index contributed by atoms with van der Waals surface area (Å²) in [6, 6.07) is 0. The van der Waals surface area contributed by atoms with Gasteiger partial charge in [0.25, 0.3) is 0 Å². The van der Waals surface area contributed by atoms with Crippen molar-refractivity contribution >= 4 is 56.0 Å². The SMILES string of the molecule is O.O.O.[H-].[K+].[O]=[Sb][O]C(=O)C(O)C(O)C(=O)[O][Sb]=[O]. The molecule has 0 rings (SSSR count). The zero-order valence-corrected chi connectivity index (χ0v) is 17.1. The third-order valence-corrected chi connectivity index (χ3v) is 2.49. The Bertz CT molecular complexity index is 239. The van der Waals surface area contributed by atoms with E-state index in [1.165, 1.54) is 0 Å². The Morgan fingerprint density at radius 1 is 0.889 bits per heavy atom. The van der Waals surface area contributed by atoms with Gasteiger partial charge >= 0.3 is 151 Å². The van der Waals surface area contributed by atoms with Crippen molar-refractivity contribution in [2.45, 2.75) is 12.2 Å². The second-order valence-electron chi connectivity index (χ2n) is 1.86. The van der Waals surface area contributed by atoms with Crippen LogP contribution in [0.1, 0.15) is 1.43 Å². The van der Waals surface area contributed by atoms with Gasteiger partial charge in [-0.15, -0.1) is 0 Å². The number of carbonyl (C=O) groups excluding carboxylic acids is 2. The van der Waals surface area contributed by atoms with E-state index in [9.17, 15) is 15.6 Å². The van der Waals surface area contributed by atoms with E-state index >= 15 is 0 Å². The first kappa shape index (κ1) is 31.8. The number of carbonyl (C=O) groups is 2. The Hall–Kier alpha value is 1.61. The number of hydrogen-bond donors (Lipinski definition) is 2. The summed E-state index contributed by atoms with van der Waals surface area (Å²) in [5, 5.41) is 17.8. The summed E-state index contributed by atoms with van der Waals surface area (Å²) in [5.74, 6) is -2.76. The van der Waals surface area contributed by atoms with Gasteiger partial charge in [-0.05, 0) is 0 Å². The van der Waals surface area contributed by atoms with Gasteiger partial charge in [-0.2, -0.15) is 0 Å². The van der Waals surface area contributed by atoms with Gasteiger partial charge < -0.3 is 17.9 Å². The van der Waals surface area contributed by atoms with E-state index in [1.807, 2.05) is 0 Å². The quantitative estimate of drug-likeness (QED) is 0.332. The molecule has 0 aromatic heterocycles. The fraction of sp³-hybridized carbons (Fsp3) is 0.500. The van der Waals surface area contributed by atoms with Gasteiger partial charge in [0, 0.05) is 0 Å². The molecule has 0 aliphatic heterocycles. The number of hydrogen-bond acceptors (Lipinski definition) is 8. The van der Waals surface area contributed by atoms with Crippen LogP contribution in [-0.4, -0.2) is 94.8 Å². The Morgan fingerprint density at radius 3 is 1.28 bits per heavy atom. The molecule has 11 nitrogen and oxygen atoms in total. The Labute approximate surface area is 166 Å². The van der Waals surface area contributed by atoms with Gasteiger partial charge in [-0.25, -0.2) is 0 Å². The van der Waals surface area contributed by atoms with Crippen molar-refractivity contribution in [1.82, 2.24) is 0 Å². The monoisotopic (exact) mass is 516 g/mol. The molecule has 0 fully saturated rings. The Morgan fingerprint density at radius 2 is 1.11 bits per heavy atom. The van der Waals surface area contributed by atoms with Crippen LogP contribution in [-0.2, 0) is 21.7 Å². The van der Waals surface area contributed by atoms with E-state index in [4.69, 9.17) is 10.2 Å². The van der Waals surface area contributed by atoms with Crippen LogP contribution in [0.2, 0.25) is 0 Å². The van der Waals surface area contributed by atoms with Gasteiger partial charge in [0.1, 0.15) is 0 Å².